The fourth-order valence-corrected chi connectivity index (χ4v) is 1.06. The van der Waals surface area contributed by atoms with Crippen LogP contribution in [-0.4, -0.2) is 20.2 Å². The maximum atomic E-state index is 11.1. The van der Waals surface area contributed by atoms with Crippen molar-refractivity contribution in [2.24, 2.45) is 0 Å². The predicted molar refractivity (Wildman–Crippen MR) is 48.2 cm³/mol. The van der Waals surface area contributed by atoms with Crippen molar-refractivity contribution in [1.82, 2.24) is 20.2 Å². The van der Waals surface area contributed by atoms with Gasteiger partial charge in [-0.1, -0.05) is 12.1 Å². The first-order valence-electron chi connectivity index (χ1n) is 3.79. The summed E-state index contributed by atoms with van der Waals surface area (Å²) in [6.45, 7) is 6.81. The van der Waals surface area contributed by atoms with Gasteiger partial charge in [0.2, 0.25) is 0 Å². The average molecular weight is 187 g/mol. The minimum Gasteiger partial charge on any atom is -0.244 e. The van der Waals surface area contributed by atoms with Crippen LogP contribution in [0.25, 0.3) is 10.5 Å². The molecule has 0 spiro atoms. The van der Waals surface area contributed by atoms with Crippen LogP contribution in [0.4, 0.5) is 5.69 Å². The third-order valence-corrected chi connectivity index (χ3v) is 1.68. The summed E-state index contributed by atoms with van der Waals surface area (Å²) < 4.78 is 1.09. The standard InChI is InChI=1S/C8H5N5O/c1-9-6-3-2-4-7(5-6)13-8(14)10-11-12-13/h2-5H,(H,10,12,14). The van der Waals surface area contributed by atoms with Gasteiger partial charge in [0.05, 0.1) is 12.3 Å². The molecule has 0 saturated heterocycles. The zero-order valence-electron chi connectivity index (χ0n) is 7.01. The fourth-order valence-electron chi connectivity index (χ4n) is 1.06. The third kappa shape index (κ3) is 1.27. The van der Waals surface area contributed by atoms with Gasteiger partial charge in [0.1, 0.15) is 0 Å². The molecule has 0 bridgehead atoms. The maximum Gasteiger partial charge on any atom is 0.365 e. The van der Waals surface area contributed by atoms with E-state index < -0.39 is 5.69 Å². The van der Waals surface area contributed by atoms with Crippen LogP contribution in [0.5, 0.6) is 0 Å². The van der Waals surface area contributed by atoms with Crippen molar-refractivity contribution in [3.8, 4) is 5.69 Å². The molecule has 0 aliphatic heterocycles. The van der Waals surface area contributed by atoms with Gasteiger partial charge in [0.25, 0.3) is 0 Å². The number of benzene rings is 1. The Morgan fingerprint density at radius 3 is 3.00 bits per heavy atom. The summed E-state index contributed by atoms with van der Waals surface area (Å²) in [6.07, 6.45) is 0. The molecule has 0 radical (unpaired) electrons. The zero-order chi connectivity index (χ0) is 9.97. The topological polar surface area (TPSA) is 67.9 Å². The molecule has 6 nitrogen and oxygen atoms in total. The second kappa shape index (κ2) is 3.14. The third-order valence-electron chi connectivity index (χ3n) is 1.68. The van der Waals surface area contributed by atoms with E-state index >= 15 is 0 Å². The lowest BCUT2D eigenvalue weighted by Crippen LogP contribution is -2.15. The van der Waals surface area contributed by atoms with Crippen LogP contribution in [-0.2, 0) is 0 Å². The summed E-state index contributed by atoms with van der Waals surface area (Å²) in [4.78, 5) is 14.4. The summed E-state index contributed by atoms with van der Waals surface area (Å²) in [5.74, 6) is 0. The van der Waals surface area contributed by atoms with E-state index in [0.29, 0.717) is 11.4 Å². The van der Waals surface area contributed by atoms with Crippen LogP contribution in [0.2, 0.25) is 0 Å². The summed E-state index contributed by atoms with van der Waals surface area (Å²) in [7, 11) is 0. The molecule has 14 heavy (non-hydrogen) atoms. The molecule has 0 amide bonds. The molecule has 0 atom stereocenters. The molecular weight excluding hydrogens is 182 g/mol. The smallest absolute Gasteiger partial charge is 0.244 e. The Labute approximate surface area is 78.6 Å². The first-order valence-corrected chi connectivity index (χ1v) is 3.79. The van der Waals surface area contributed by atoms with Crippen molar-refractivity contribution < 1.29 is 0 Å². The van der Waals surface area contributed by atoms with E-state index in [4.69, 9.17) is 6.57 Å². The molecular formula is C8H5N5O. The zero-order valence-corrected chi connectivity index (χ0v) is 7.01. The van der Waals surface area contributed by atoms with Crippen molar-refractivity contribution in [3.05, 3.63) is 46.2 Å². The fraction of sp³-hybridized carbons (Fsp3) is 0. The second-order valence-corrected chi connectivity index (χ2v) is 2.55. The molecule has 1 aromatic carbocycles. The number of nitrogens with zero attached hydrogens (tertiary/aromatic N) is 4. The van der Waals surface area contributed by atoms with E-state index in [2.05, 4.69) is 20.4 Å². The predicted octanol–water partition coefficient (Wildman–Crippen LogP) is 0.506. The van der Waals surface area contributed by atoms with Crippen molar-refractivity contribution >= 4 is 5.69 Å². The van der Waals surface area contributed by atoms with Crippen molar-refractivity contribution in [3.63, 3.8) is 0 Å². The van der Waals surface area contributed by atoms with Gasteiger partial charge < -0.3 is 0 Å². The number of hydrogen-bond donors (Lipinski definition) is 1. The normalized spacial score (nSPS) is 9.64. The van der Waals surface area contributed by atoms with Gasteiger partial charge in [-0.05, 0) is 22.6 Å². The van der Waals surface area contributed by atoms with Gasteiger partial charge in [-0.3, -0.25) is 0 Å². The molecule has 6 heteroatoms. The van der Waals surface area contributed by atoms with E-state index in [9.17, 15) is 4.79 Å². The second-order valence-electron chi connectivity index (χ2n) is 2.55. The lowest BCUT2D eigenvalue weighted by molar-refractivity contribution is 0.780. The monoisotopic (exact) mass is 187 g/mol. The Morgan fingerprint density at radius 1 is 1.50 bits per heavy atom. The van der Waals surface area contributed by atoms with E-state index in [1.54, 1.807) is 24.3 Å². The number of aromatic nitrogens is 4. The number of tetrazole rings is 1. The van der Waals surface area contributed by atoms with E-state index in [1.807, 2.05) is 0 Å². The Bertz CT molecular complexity index is 547. The van der Waals surface area contributed by atoms with Gasteiger partial charge in [0.15, 0.2) is 5.69 Å². The summed E-state index contributed by atoms with van der Waals surface area (Å²) in [5, 5.41) is 9.08. The highest BCUT2D eigenvalue weighted by Gasteiger charge is 2.02. The molecule has 2 rings (SSSR count). The van der Waals surface area contributed by atoms with Crippen molar-refractivity contribution in [2.45, 2.75) is 0 Å². The Morgan fingerprint density at radius 2 is 2.36 bits per heavy atom. The van der Waals surface area contributed by atoms with Crippen LogP contribution < -0.4 is 5.69 Å². The highest BCUT2D eigenvalue weighted by molar-refractivity contribution is 5.51. The van der Waals surface area contributed by atoms with Crippen LogP contribution >= 0.6 is 0 Å². The first-order chi connectivity index (χ1) is 6.81. The molecule has 0 aliphatic carbocycles. The Balaban J connectivity index is 2.59. The molecule has 1 N–H and O–H groups in total. The van der Waals surface area contributed by atoms with Crippen LogP contribution in [0.15, 0.2) is 29.1 Å². The Kier molecular flexibility index (Phi) is 1.84. The minimum absolute atomic E-state index is 0.424. The van der Waals surface area contributed by atoms with E-state index in [1.165, 1.54) is 0 Å². The quantitative estimate of drug-likeness (QED) is 0.661. The Hall–Kier alpha value is -2.42. The van der Waals surface area contributed by atoms with E-state index in [-0.39, 0.29) is 0 Å². The summed E-state index contributed by atoms with van der Waals surface area (Å²) in [6, 6.07) is 6.58. The van der Waals surface area contributed by atoms with Crippen molar-refractivity contribution in [2.75, 3.05) is 0 Å². The number of aromatic amines is 1. The molecule has 1 heterocycles. The van der Waals surface area contributed by atoms with Crippen molar-refractivity contribution in [1.29, 1.82) is 0 Å². The van der Waals surface area contributed by atoms with E-state index in [0.717, 1.165) is 4.68 Å². The molecule has 68 valence electrons. The van der Waals surface area contributed by atoms with Crippen LogP contribution in [0, 0.1) is 6.57 Å². The van der Waals surface area contributed by atoms with Crippen LogP contribution in [0.3, 0.4) is 0 Å². The number of nitrogens with one attached hydrogen (secondary N) is 1. The maximum absolute atomic E-state index is 11.1. The SMILES string of the molecule is [C-]#[N+]c1cccc(-n2nn[nH]c2=O)c1. The average Bonchev–Trinajstić information content (AvgIpc) is 2.65. The molecule has 0 aliphatic rings. The highest BCUT2D eigenvalue weighted by atomic mass is 16.2. The molecule has 0 unspecified atom stereocenters. The summed E-state index contributed by atoms with van der Waals surface area (Å²) >= 11 is 0. The van der Waals surface area contributed by atoms with Gasteiger partial charge >= 0.3 is 5.69 Å². The van der Waals surface area contributed by atoms with Gasteiger partial charge in [-0.25, -0.2) is 14.7 Å². The lowest BCUT2D eigenvalue weighted by Gasteiger charge is -1.97. The number of H-pyrrole nitrogens is 1. The van der Waals surface area contributed by atoms with Crippen LogP contribution in [0.1, 0.15) is 0 Å². The molecule has 0 saturated carbocycles. The largest absolute Gasteiger partial charge is 0.365 e. The molecule has 0 fully saturated rings. The van der Waals surface area contributed by atoms with Gasteiger partial charge in [-0.15, -0.1) is 0 Å². The van der Waals surface area contributed by atoms with Gasteiger partial charge in [-0.2, -0.15) is 4.68 Å². The molecule has 2 aromatic rings. The minimum atomic E-state index is -0.424. The number of rotatable bonds is 1. The first kappa shape index (κ1) is 8.19. The highest BCUT2D eigenvalue weighted by Crippen LogP contribution is 2.14. The summed E-state index contributed by atoms with van der Waals surface area (Å²) in [5.41, 5.74) is 0.557. The lowest BCUT2D eigenvalue weighted by atomic mass is 10.3. The van der Waals surface area contributed by atoms with Gasteiger partial charge in [0, 0.05) is 0 Å². The molecule has 1 aromatic heterocycles. The number of hydrogen-bond acceptors (Lipinski definition) is 3.